The standard InChI is InChI=1S/C55H85N7O18/c1-50(2,3)77-46(68)58-33-21-20-30(27-56-23-17-24-62-42(65)31-18-15-16-19-32(31)43(62)66)75-39(33)36-34(59-47(69)78-51(4,5)6)26-35(57-45(67)55(73)22-25-61(28-55)49(71)80-53(10,11)12)40(37(36)63)76-44-38(64)41(54(13,72)29-74-44)60(14)48(70)79-52(7,8)9/h15-16,18-20,33-41,44,56,63-64,72-73H,17,21-29H2,1-14H3,(H,57,67)(H,58,68)(H,59,69)/t33-,34+,35-,36-,37+,38-,39?,40+,41-,44-,54+,55?/m1/s1. The van der Waals surface area contributed by atoms with E-state index >= 15 is 0 Å². The zero-order chi connectivity index (χ0) is 59.7. The number of alkyl carbamates (subject to hydrolysis) is 2. The molecule has 4 heterocycles. The van der Waals surface area contributed by atoms with E-state index in [4.69, 9.17) is 33.2 Å². The van der Waals surface area contributed by atoms with Crippen LogP contribution in [0.3, 0.4) is 0 Å². The molecule has 2 unspecified atom stereocenters. The number of likely N-dealkylation sites (tertiary alicyclic amines) is 1. The summed E-state index contributed by atoms with van der Waals surface area (Å²) in [6, 6.07) is 1.56. The van der Waals surface area contributed by atoms with Crippen molar-refractivity contribution in [3.05, 3.63) is 47.2 Å². The number of hydrogen-bond acceptors (Lipinski definition) is 19. The summed E-state index contributed by atoms with van der Waals surface area (Å²) in [6.45, 7) is 20.7. The Hall–Kier alpha value is -5.83. The highest BCUT2D eigenvalue weighted by Crippen LogP contribution is 2.40. The van der Waals surface area contributed by atoms with E-state index in [1.54, 1.807) is 113 Å². The normalized spacial score (nSPS) is 30.1. The third-order valence-electron chi connectivity index (χ3n) is 13.9. The number of likely N-dealkylation sites (N-methyl/N-ethyl adjacent to an activating group) is 1. The number of ether oxygens (including phenoxy) is 7. The van der Waals surface area contributed by atoms with Gasteiger partial charge in [0.15, 0.2) is 11.9 Å². The average Bonchev–Trinajstić information content (AvgIpc) is 3.83. The minimum Gasteiger partial charge on any atom is -0.491 e. The number of nitrogens with zero attached hydrogens (tertiary/aromatic N) is 3. The molecule has 2 saturated heterocycles. The molecule has 25 heteroatoms. The van der Waals surface area contributed by atoms with Crippen molar-refractivity contribution < 1.29 is 87.1 Å². The second kappa shape index (κ2) is 24.3. The molecule has 7 amide bonds. The highest BCUT2D eigenvalue weighted by atomic mass is 16.7. The Balaban J connectivity index is 1.35. The first-order valence-electron chi connectivity index (χ1n) is 27.2. The number of aliphatic hydroxyl groups is 4. The van der Waals surface area contributed by atoms with Gasteiger partial charge in [0.1, 0.15) is 52.1 Å². The van der Waals surface area contributed by atoms with Gasteiger partial charge in [0.2, 0.25) is 0 Å². The first kappa shape index (κ1) is 63.4. The van der Waals surface area contributed by atoms with Gasteiger partial charge in [0, 0.05) is 38.5 Å². The van der Waals surface area contributed by atoms with Crippen LogP contribution in [-0.2, 0) is 38.0 Å². The summed E-state index contributed by atoms with van der Waals surface area (Å²) in [5.74, 6) is -2.72. The SMILES string of the molecule is CN(C(=O)OC(C)(C)C)[C@@H]1[C@@H](O)[C@@H](O[C@@H]2[C@@H](O)[C@H](C3OC(CNCCCN4C(=O)c5ccccc5C4=O)=CC[C@H]3NC(=O)OC(C)(C)C)[C@@H](NC(=O)OC(C)(C)C)C[C@H]2NC(=O)C2(O)CCN(C(=O)OC(C)(C)C)C2)OC[C@]1(C)O. The van der Waals surface area contributed by atoms with Crippen molar-refractivity contribution in [3.8, 4) is 0 Å². The van der Waals surface area contributed by atoms with Gasteiger partial charge >= 0.3 is 24.4 Å². The van der Waals surface area contributed by atoms with Crippen molar-refractivity contribution in [1.29, 1.82) is 0 Å². The number of aliphatic hydroxyl groups excluding tert-OH is 2. The van der Waals surface area contributed by atoms with Crippen LogP contribution < -0.4 is 21.3 Å². The first-order chi connectivity index (χ1) is 36.9. The van der Waals surface area contributed by atoms with E-state index in [0.717, 1.165) is 4.90 Å². The maximum Gasteiger partial charge on any atom is 0.410 e. The predicted molar refractivity (Wildman–Crippen MR) is 286 cm³/mol. The third-order valence-corrected chi connectivity index (χ3v) is 13.9. The Bertz CT molecular complexity index is 2450. The molecule has 8 N–H and O–H groups in total. The number of fused-ring (bicyclic) bond motifs is 1. The second-order valence-electron chi connectivity index (χ2n) is 25.6. The lowest BCUT2D eigenvalue weighted by atomic mass is 9.72. The molecule has 80 heavy (non-hydrogen) atoms. The largest absolute Gasteiger partial charge is 0.491 e. The van der Waals surface area contributed by atoms with E-state index in [9.17, 15) is 54.0 Å². The molecule has 12 atom stereocenters. The lowest BCUT2D eigenvalue weighted by molar-refractivity contribution is -0.306. The fraction of sp³-hybridized carbons (Fsp3) is 0.727. The fourth-order valence-corrected chi connectivity index (χ4v) is 10.5. The second-order valence-corrected chi connectivity index (χ2v) is 25.6. The monoisotopic (exact) mass is 1130 g/mol. The summed E-state index contributed by atoms with van der Waals surface area (Å²) in [4.78, 5) is 98.2. The van der Waals surface area contributed by atoms with Gasteiger partial charge in [-0.3, -0.25) is 19.3 Å². The molecule has 0 radical (unpaired) electrons. The molecule has 1 aliphatic carbocycles. The molecular formula is C55H85N7O18. The van der Waals surface area contributed by atoms with Gasteiger partial charge in [0.05, 0.1) is 55.1 Å². The Morgan fingerprint density at radius 2 is 1.34 bits per heavy atom. The van der Waals surface area contributed by atoms with Crippen LogP contribution in [0.1, 0.15) is 136 Å². The third kappa shape index (κ3) is 16.0. The van der Waals surface area contributed by atoms with Crippen molar-refractivity contribution in [2.24, 2.45) is 5.92 Å². The highest BCUT2D eigenvalue weighted by Gasteiger charge is 2.58. The molecule has 4 aliphatic heterocycles. The van der Waals surface area contributed by atoms with Crippen LogP contribution in [0.4, 0.5) is 19.2 Å². The smallest absolute Gasteiger partial charge is 0.410 e. The predicted octanol–water partition coefficient (Wildman–Crippen LogP) is 3.05. The van der Waals surface area contributed by atoms with Crippen LogP contribution in [0.25, 0.3) is 0 Å². The van der Waals surface area contributed by atoms with Gasteiger partial charge in [-0.25, -0.2) is 19.2 Å². The molecule has 25 nitrogen and oxygen atoms in total. The minimum atomic E-state index is -2.20. The van der Waals surface area contributed by atoms with E-state index in [0.29, 0.717) is 29.9 Å². The Morgan fingerprint density at radius 1 is 0.775 bits per heavy atom. The molecule has 448 valence electrons. The van der Waals surface area contributed by atoms with Gasteiger partial charge in [0.25, 0.3) is 17.7 Å². The van der Waals surface area contributed by atoms with Gasteiger partial charge < -0.3 is 84.7 Å². The Morgan fingerprint density at radius 3 is 1.90 bits per heavy atom. The number of benzene rings is 1. The van der Waals surface area contributed by atoms with Gasteiger partial charge in [-0.1, -0.05) is 12.1 Å². The lowest BCUT2D eigenvalue weighted by Gasteiger charge is -2.52. The number of carbonyl (C=O) groups is 7. The molecule has 0 aromatic heterocycles. The van der Waals surface area contributed by atoms with E-state index in [2.05, 4.69) is 21.3 Å². The lowest BCUT2D eigenvalue weighted by Crippen LogP contribution is -2.71. The van der Waals surface area contributed by atoms with Crippen LogP contribution in [0.15, 0.2) is 36.1 Å². The van der Waals surface area contributed by atoms with Crippen LogP contribution in [-0.4, -0.2) is 212 Å². The number of hydrogen-bond donors (Lipinski definition) is 8. The molecule has 0 spiro atoms. The molecule has 0 bridgehead atoms. The molecule has 1 aromatic rings. The molecule has 1 aromatic carbocycles. The average molecular weight is 1130 g/mol. The fourth-order valence-electron chi connectivity index (χ4n) is 10.5. The maximum atomic E-state index is 14.6. The first-order valence-corrected chi connectivity index (χ1v) is 27.2. The van der Waals surface area contributed by atoms with Crippen molar-refractivity contribution in [2.45, 2.75) is 204 Å². The summed E-state index contributed by atoms with van der Waals surface area (Å²) in [5, 5.41) is 60.6. The highest BCUT2D eigenvalue weighted by molar-refractivity contribution is 6.21. The topological polar surface area (TPSA) is 323 Å². The van der Waals surface area contributed by atoms with E-state index in [-0.39, 0.29) is 50.7 Å². The van der Waals surface area contributed by atoms with Crippen molar-refractivity contribution in [2.75, 3.05) is 46.4 Å². The van der Waals surface area contributed by atoms with Crippen LogP contribution >= 0.6 is 0 Å². The number of amides is 7. The molecule has 3 fully saturated rings. The molecule has 6 rings (SSSR count). The van der Waals surface area contributed by atoms with E-state index in [1.165, 1.54) is 23.8 Å². The van der Waals surface area contributed by atoms with Crippen molar-refractivity contribution in [1.82, 2.24) is 36.0 Å². The van der Waals surface area contributed by atoms with Gasteiger partial charge in [-0.15, -0.1) is 0 Å². The Labute approximate surface area is 467 Å². The Kier molecular flexibility index (Phi) is 19.3. The maximum absolute atomic E-state index is 14.6. The molecular weight excluding hydrogens is 1050 g/mol. The summed E-state index contributed by atoms with van der Waals surface area (Å²) in [6.07, 6.45) is -10.2. The number of carbonyl (C=O) groups excluding carboxylic acids is 7. The van der Waals surface area contributed by atoms with E-state index < -0.39 is 138 Å². The molecule has 1 saturated carbocycles. The zero-order valence-electron chi connectivity index (χ0n) is 48.6. The number of rotatable bonds is 14. The summed E-state index contributed by atoms with van der Waals surface area (Å²) >= 11 is 0. The van der Waals surface area contributed by atoms with Gasteiger partial charge in [-0.05, 0) is 134 Å². The summed E-state index contributed by atoms with van der Waals surface area (Å²) in [7, 11) is 1.32. The van der Waals surface area contributed by atoms with Crippen LogP contribution in [0, 0.1) is 5.92 Å². The van der Waals surface area contributed by atoms with Crippen LogP contribution in [0.5, 0.6) is 0 Å². The van der Waals surface area contributed by atoms with Crippen LogP contribution in [0.2, 0.25) is 0 Å². The molecule has 5 aliphatic rings. The number of β-amino-alcohol motifs (C(OH)–C–C–N with tert-alkyl or cyclic N) is 1. The van der Waals surface area contributed by atoms with E-state index in [1.807, 2.05) is 0 Å². The number of nitrogens with one attached hydrogen (secondary N) is 4. The van der Waals surface area contributed by atoms with Gasteiger partial charge in [-0.2, -0.15) is 0 Å². The minimum absolute atomic E-state index is 0.0616. The number of imide groups is 1. The van der Waals surface area contributed by atoms with Crippen molar-refractivity contribution in [3.63, 3.8) is 0 Å². The summed E-state index contributed by atoms with van der Waals surface area (Å²) < 4.78 is 41.8. The zero-order valence-corrected chi connectivity index (χ0v) is 48.6. The van der Waals surface area contributed by atoms with Crippen molar-refractivity contribution >= 4 is 42.1 Å². The quantitative estimate of drug-likeness (QED) is 0.0754. The summed E-state index contributed by atoms with van der Waals surface area (Å²) in [5.41, 5.74) is -7.27.